The summed E-state index contributed by atoms with van der Waals surface area (Å²) in [6.45, 7) is 0. The minimum atomic E-state index is -1.41. The molecule has 0 unspecified atom stereocenters. The van der Waals surface area contributed by atoms with Crippen LogP contribution in [-0.2, 0) is 4.79 Å². The Morgan fingerprint density at radius 2 is 1.29 bits per heavy atom. The van der Waals surface area contributed by atoms with Gasteiger partial charge in [0, 0.05) is 15.6 Å². The fourth-order valence-corrected chi connectivity index (χ4v) is 4.10. The standard InChI is InChI=1S/C32H22Cl2N2O5/c33-23-11-15-25(16-12-23)39-32(40-26-17-13-24(34)14-18-26)30(37)36-35-20-28-27-9-5-4-6-21(27)10-19-29(28)41-31(38)22-7-2-1-3-8-22/h1-20,32H,(H,36,37)/b35-20-. The van der Waals surface area contributed by atoms with E-state index in [-0.39, 0.29) is 5.75 Å². The van der Waals surface area contributed by atoms with Crippen LogP contribution in [0.2, 0.25) is 10.0 Å². The number of hydrogen-bond acceptors (Lipinski definition) is 6. The Labute approximate surface area is 245 Å². The molecular formula is C32H22Cl2N2O5. The molecule has 0 aliphatic carbocycles. The van der Waals surface area contributed by atoms with E-state index >= 15 is 0 Å². The minimum Gasteiger partial charge on any atom is -0.446 e. The Bertz CT molecular complexity index is 1640. The van der Waals surface area contributed by atoms with Gasteiger partial charge in [0.05, 0.1) is 11.8 Å². The molecule has 0 aliphatic heterocycles. The van der Waals surface area contributed by atoms with Gasteiger partial charge in [0.15, 0.2) is 0 Å². The van der Waals surface area contributed by atoms with E-state index in [1.54, 1.807) is 78.9 Å². The Balaban J connectivity index is 1.39. The van der Waals surface area contributed by atoms with Crippen molar-refractivity contribution in [2.24, 2.45) is 5.10 Å². The van der Waals surface area contributed by atoms with Crippen molar-refractivity contribution in [2.45, 2.75) is 6.29 Å². The van der Waals surface area contributed by atoms with Crippen LogP contribution in [0.3, 0.4) is 0 Å². The summed E-state index contributed by atoms with van der Waals surface area (Å²) in [6, 6.07) is 32.7. The van der Waals surface area contributed by atoms with Gasteiger partial charge in [-0.2, -0.15) is 5.10 Å². The predicted molar refractivity (Wildman–Crippen MR) is 159 cm³/mol. The molecule has 41 heavy (non-hydrogen) atoms. The first kappa shape index (κ1) is 27.7. The Hall–Kier alpha value is -4.85. The van der Waals surface area contributed by atoms with Crippen LogP contribution in [0.1, 0.15) is 15.9 Å². The summed E-state index contributed by atoms with van der Waals surface area (Å²) >= 11 is 11.9. The number of amides is 1. The average Bonchev–Trinajstić information content (AvgIpc) is 3.00. The van der Waals surface area contributed by atoms with Crippen LogP contribution in [0.25, 0.3) is 10.8 Å². The van der Waals surface area contributed by atoms with Crippen LogP contribution in [0.15, 0.2) is 120 Å². The maximum Gasteiger partial charge on any atom is 0.343 e. The van der Waals surface area contributed by atoms with Gasteiger partial charge in [-0.25, -0.2) is 10.2 Å². The number of benzene rings is 5. The van der Waals surface area contributed by atoms with E-state index in [9.17, 15) is 9.59 Å². The molecule has 5 rings (SSSR count). The van der Waals surface area contributed by atoms with Crippen LogP contribution in [0.5, 0.6) is 17.2 Å². The van der Waals surface area contributed by atoms with Crippen molar-refractivity contribution >= 4 is 52.1 Å². The highest BCUT2D eigenvalue weighted by atomic mass is 35.5. The second-order valence-corrected chi connectivity index (χ2v) is 9.54. The Morgan fingerprint density at radius 1 is 0.707 bits per heavy atom. The number of halogens is 2. The lowest BCUT2D eigenvalue weighted by Gasteiger charge is -2.19. The normalized spacial score (nSPS) is 11.0. The number of fused-ring (bicyclic) bond motifs is 1. The van der Waals surface area contributed by atoms with Crippen molar-refractivity contribution in [2.75, 3.05) is 0 Å². The molecule has 0 aliphatic rings. The summed E-state index contributed by atoms with van der Waals surface area (Å²) in [6.07, 6.45) is 0.00700. The molecule has 5 aromatic carbocycles. The third-order valence-electron chi connectivity index (χ3n) is 5.84. The zero-order valence-corrected chi connectivity index (χ0v) is 22.9. The molecular weight excluding hydrogens is 563 g/mol. The predicted octanol–water partition coefficient (Wildman–Crippen LogP) is 7.30. The largest absolute Gasteiger partial charge is 0.446 e. The van der Waals surface area contributed by atoms with Gasteiger partial charge in [0.25, 0.3) is 0 Å². The second-order valence-electron chi connectivity index (χ2n) is 8.66. The van der Waals surface area contributed by atoms with Gasteiger partial charge in [-0.3, -0.25) is 4.79 Å². The lowest BCUT2D eigenvalue weighted by atomic mass is 10.0. The Kier molecular flexibility index (Phi) is 8.79. The number of esters is 1. The van der Waals surface area contributed by atoms with E-state index < -0.39 is 18.2 Å². The maximum absolute atomic E-state index is 13.2. The molecule has 0 fully saturated rings. The summed E-state index contributed by atoms with van der Waals surface area (Å²) in [7, 11) is 0. The molecule has 1 N–H and O–H groups in total. The third-order valence-corrected chi connectivity index (χ3v) is 6.34. The molecule has 0 saturated heterocycles. The van der Waals surface area contributed by atoms with Gasteiger partial charge in [-0.05, 0) is 77.5 Å². The van der Waals surface area contributed by atoms with E-state index in [1.807, 2.05) is 36.4 Å². The Morgan fingerprint density at radius 3 is 1.93 bits per heavy atom. The number of hydrogen-bond donors (Lipinski definition) is 1. The minimum absolute atomic E-state index is 0.280. The number of carbonyl (C=O) groups is 2. The van der Waals surface area contributed by atoms with E-state index in [0.29, 0.717) is 32.7 Å². The van der Waals surface area contributed by atoms with Crippen LogP contribution < -0.4 is 19.6 Å². The molecule has 9 heteroatoms. The van der Waals surface area contributed by atoms with Crippen molar-refractivity contribution in [3.63, 3.8) is 0 Å². The van der Waals surface area contributed by atoms with Crippen LogP contribution in [0.4, 0.5) is 0 Å². The molecule has 7 nitrogen and oxygen atoms in total. The van der Waals surface area contributed by atoms with Crippen LogP contribution >= 0.6 is 23.2 Å². The van der Waals surface area contributed by atoms with E-state index in [2.05, 4.69) is 10.5 Å². The van der Waals surface area contributed by atoms with Crippen LogP contribution in [0, 0.1) is 0 Å². The number of ether oxygens (including phenoxy) is 3. The molecule has 0 heterocycles. The van der Waals surface area contributed by atoms with Gasteiger partial charge in [-0.1, -0.05) is 71.7 Å². The zero-order valence-electron chi connectivity index (χ0n) is 21.4. The number of hydrazone groups is 1. The van der Waals surface area contributed by atoms with Crippen molar-refractivity contribution < 1.29 is 23.8 Å². The number of carbonyl (C=O) groups excluding carboxylic acids is 2. The fraction of sp³-hybridized carbons (Fsp3) is 0.0312. The van der Waals surface area contributed by atoms with Crippen LogP contribution in [-0.4, -0.2) is 24.4 Å². The van der Waals surface area contributed by atoms with Gasteiger partial charge < -0.3 is 14.2 Å². The third kappa shape index (κ3) is 7.22. The zero-order chi connectivity index (χ0) is 28.6. The first-order valence-corrected chi connectivity index (χ1v) is 13.2. The average molecular weight is 585 g/mol. The highest BCUT2D eigenvalue weighted by Gasteiger charge is 2.23. The molecule has 0 saturated carbocycles. The van der Waals surface area contributed by atoms with E-state index in [0.717, 1.165) is 10.8 Å². The fourth-order valence-electron chi connectivity index (χ4n) is 3.85. The molecule has 204 valence electrons. The molecule has 5 aromatic rings. The summed E-state index contributed by atoms with van der Waals surface area (Å²) in [5.41, 5.74) is 3.36. The van der Waals surface area contributed by atoms with Crippen molar-refractivity contribution in [1.82, 2.24) is 5.43 Å². The molecule has 0 atom stereocenters. The van der Waals surface area contributed by atoms with Crippen molar-refractivity contribution in [3.8, 4) is 17.2 Å². The number of nitrogens with one attached hydrogen (secondary N) is 1. The first-order chi connectivity index (χ1) is 20.0. The quantitative estimate of drug-likeness (QED) is 0.0645. The molecule has 0 bridgehead atoms. The molecule has 1 amide bonds. The lowest BCUT2D eigenvalue weighted by molar-refractivity contribution is -0.140. The summed E-state index contributed by atoms with van der Waals surface area (Å²) < 4.78 is 17.3. The topological polar surface area (TPSA) is 86.2 Å². The summed E-state index contributed by atoms with van der Waals surface area (Å²) in [5, 5.41) is 6.85. The lowest BCUT2D eigenvalue weighted by Crippen LogP contribution is -2.40. The highest BCUT2D eigenvalue weighted by molar-refractivity contribution is 6.30. The van der Waals surface area contributed by atoms with Crippen molar-refractivity contribution in [3.05, 3.63) is 136 Å². The highest BCUT2D eigenvalue weighted by Crippen LogP contribution is 2.28. The smallest absolute Gasteiger partial charge is 0.343 e. The van der Waals surface area contributed by atoms with Gasteiger partial charge in [-0.15, -0.1) is 0 Å². The number of nitrogens with zero attached hydrogens (tertiary/aromatic N) is 1. The second kappa shape index (κ2) is 13.0. The van der Waals surface area contributed by atoms with Crippen molar-refractivity contribution in [1.29, 1.82) is 0 Å². The monoisotopic (exact) mass is 584 g/mol. The number of rotatable bonds is 9. The SMILES string of the molecule is O=C(Oc1ccc2ccccc2c1/C=N\NC(=O)C(Oc1ccc(Cl)cc1)Oc1ccc(Cl)cc1)c1ccccc1. The van der Waals surface area contributed by atoms with Gasteiger partial charge in [0.2, 0.25) is 0 Å². The first-order valence-electron chi connectivity index (χ1n) is 12.4. The van der Waals surface area contributed by atoms with Gasteiger partial charge >= 0.3 is 18.2 Å². The maximum atomic E-state index is 13.2. The van der Waals surface area contributed by atoms with E-state index in [1.165, 1.54) is 6.21 Å². The molecule has 0 aromatic heterocycles. The van der Waals surface area contributed by atoms with Gasteiger partial charge in [0.1, 0.15) is 17.2 Å². The molecule has 0 spiro atoms. The summed E-state index contributed by atoms with van der Waals surface area (Å²) in [4.78, 5) is 26.0. The molecule has 0 radical (unpaired) electrons. The van der Waals surface area contributed by atoms with E-state index in [4.69, 9.17) is 37.4 Å². The summed E-state index contributed by atoms with van der Waals surface area (Å²) in [5.74, 6) is -0.211.